The molecule has 2 aromatic heterocycles. The van der Waals surface area contributed by atoms with Crippen molar-refractivity contribution in [2.24, 2.45) is 0 Å². The van der Waals surface area contributed by atoms with Crippen LogP contribution >= 0.6 is 0 Å². The lowest BCUT2D eigenvalue weighted by molar-refractivity contribution is 0.0769. The molecule has 4 heteroatoms. The maximum Gasteiger partial charge on any atom is 0.274 e. The molecule has 0 aliphatic carbocycles. The summed E-state index contributed by atoms with van der Waals surface area (Å²) in [7, 11) is 0. The third-order valence-electron chi connectivity index (χ3n) is 3.19. The highest BCUT2D eigenvalue weighted by Gasteiger charge is 2.20. The molecule has 2 rings (SSSR count). The van der Waals surface area contributed by atoms with Crippen molar-refractivity contribution in [3.63, 3.8) is 0 Å². The van der Waals surface area contributed by atoms with Crippen LogP contribution < -0.4 is 0 Å². The van der Waals surface area contributed by atoms with Gasteiger partial charge in [-0.2, -0.15) is 0 Å². The van der Waals surface area contributed by atoms with Gasteiger partial charge >= 0.3 is 0 Å². The number of pyridine rings is 1. The van der Waals surface area contributed by atoms with Crippen LogP contribution in [0.15, 0.2) is 24.4 Å². The van der Waals surface area contributed by atoms with Gasteiger partial charge in [0, 0.05) is 25.7 Å². The van der Waals surface area contributed by atoms with Gasteiger partial charge in [-0.3, -0.25) is 4.79 Å². The third-order valence-corrected chi connectivity index (χ3v) is 3.19. The summed E-state index contributed by atoms with van der Waals surface area (Å²) in [5.74, 6) is 0.949. The summed E-state index contributed by atoms with van der Waals surface area (Å²) >= 11 is 0. The standard InChI is InChI=1S/C14H19N3O/c1-4-12-15-13(14(18)16(5-2)6-3)11-9-7-8-10-17(11)12/h7-10H,4-6H2,1-3H3. The fourth-order valence-corrected chi connectivity index (χ4v) is 2.17. The molecule has 4 nitrogen and oxygen atoms in total. The highest BCUT2D eigenvalue weighted by molar-refractivity contribution is 5.99. The fourth-order valence-electron chi connectivity index (χ4n) is 2.17. The lowest BCUT2D eigenvalue weighted by Gasteiger charge is -2.17. The summed E-state index contributed by atoms with van der Waals surface area (Å²) in [5, 5.41) is 0. The molecule has 0 fully saturated rings. The summed E-state index contributed by atoms with van der Waals surface area (Å²) in [4.78, 5) is 18.7. The SMILES string of the molecule is CCc1nc(C(=O)N(CC)CC)c2ccccn12. The van der Waals surface area contributed by atoms with Crippen LogP contribution in [0.1, 0.15) is 37.1 Å². The van der Waals surface area contributed by atoms with E-state index in [1.807, 2.05) is 49.6 Å². The number of fused-ring (bicyclic) bond motifs is 1. The molecule has 0 bridgehead atoms. The molecule has 0 radical (unpaired) electrons. The Bertz CT molecular complexity index is 555. The molecule has 18 heavy (non-hydrogen) atoms. The van der Waals surface area contributed by atoms with E-state index in [-0.39, 0.29) is 5.91 Å². The molecule has 96 valence electrons. The van der Waals surface area contributed by atoms with Crippen molar-refractivity contribution >= 4 is 11.4 Å². The van der Waals surface area contributed by atoms with Gasteiger partial charge in [-0.25, -0.2) is 4.98 Å². The number of amides is 1. The smallest absolute Gasteiger partial charge is 0.274 e. The van der Waals surface area contributed by atoms with Gasteiger partial charge in [0.1, 0.15) is 5.82 Å². The third kappa shape index (κ3) is 1.98. The lowest BCUT2D eigenvalue weighted by atomic mass is 10.3. The van der Waals surface area contributed by atoms with Gasteiger partial charge in [0.25, 0.3) is 5.91 Å². The minimum absolute atomic E-state index is 0.0170. The molecule has 0 saturated heterocycles. The monoisotopic (exact) mass is 245 g/mol. The number of carbonyl (C=O) groups excluding carboxylic acids is 1. The number of hydrogen-bond acceptors (Lipinski definition) is 2. The zero-order valence-corrected chi connectivity index (χ0v) is 11.2. The minimum Gasteiger partial charge on any atom is -0.338 e. The zero-order chi connectivity index (χ0) is 13.1. The van der Waals surface area contributed by atoms with Gasteiger partial charge in [0.15, 0.2) is 5.69 Å². The highest BCUT2D eigenvalue weighted by atomic mass is 16.2. The Labute approximate surface area is 107 Å². The minimum atomic E-state index is 0.0170. The van der Waals surface area contributed by atoms with Crippen LogP contribution in [0, 0.1) is 0 Å². The number of aryl methyl sites for hydroxylation is 1. The van der Waals surface area contributed by atoms with Crippen LogP contribution in [0.2, 0.25) is 0 Å². The van der Waals surface area contributed by atoms with Crippen molar-refractivity contribution in [2.45, 2.75) is 27.2 Å². The average molecular weight is 245 g/mol. The maximum atomic E-state index is 12.4. The van der Waals surface area contributed by atoms with Gasteiger partial charge < -0.3 is 9.30 Å². The van der Waals surface area contributed by atoms with E-state index >= 15 is 0 Å². The van der Waals surface area contributed by atoms with Crippen molar-refractivity contribution in [1.82, 2.24) is 14.3 Å². The van der Waals surface area contributed by atoms with Crippen molar-refractivity contribution in [1.29, 1.82) is 0 Å². The van der Waals surface area contributed by atoms with Crippen molar-refractivity contribution in [3.8, 4) is 0 Å². The molecule has 0 atom stereocenters. The quantitative estimate of drug-likeness (QED) is 0.829. The van der Waals surface area contributed by atoms with E-state index in [1.165, 1.54) is 0 Å². The molecule has 0 aromatic carbocycles. The Morgan fingerprint density at radius 1 is 1.28 bits per heavy atom. The first-order chi connectivity index (χ1) is 8.72. The first-order valence-electron chi connectivity index (χ1n) is 6.48. The van der Waals surface area contributed by atoms with Gasteiger partial charge in [-0.05, 0) is 26.0 Å². The molecular weight excluding hydrogens is 226 g/mol. The van der Waals surface area contributed by atoms with Crippen LogP contribution in [0.5, 0.6) is 0 Å². The lowest BCUT2D eigenvalue weighted by Crippen LogP contribution is -2.30. The second kappa shape index (κ2) is 5.21. The Morgan fingerprint density at radius 2 is 2.00 bits per heavy atom. The second-order valence-electron chi connectivity index (χ2n) is 4.16. The van der Waals surface area contributed by atoms with Gasteiger partial charge in [-0.15, -0.1) is 0 Å². The van der Waals surface area contributed by atoms with E-state index in [1.54, 1.807) is 4.90 Å². The number of nitrogens with zero attached hydrogens (tertiary/aromatic N) is 3. The zero-order valence-electron chi connectivity index (χ0n) is 11.2. The maximum absolute atomic E-state index is 12.4. The molecule has 0 saturated carbocycles. The first-order valence-corrected chi connectivity index (χ1v) is 6.48. The van der Waals surface area contributed by atoms with E-state index in [2.05, 4.69) is 4.98 Å². The molecule has 2 heterocycles. The number of imidazole rings is 1. The molecule has 0 N–H and O–H groups in total. The predicted molar refractivity (Wildman–Crippen MR) is 71.8 cm³/mol. The normalized spacial score (nSPS) is 10.8. The average Bonchev–Trinajstić information content (AvgIpc) is 2.78. The van der Waals surface area contributed by atoms with E-state index in [4.69, 9.17) is 0 Å². The summed E-state index contributed by atoms with van der Waals surface area (Å²) in [6.07, 6.45) is 2.77. The van der Waals surface area contributed by atoms with E-state index in [9.17, 15) is 4.79 Å². The van der Waals surface area contributed by atoms with Crippen LogP contribution in [0.25, 0.3) is 5.52 Å². The van der Waals surface area contributed by atoms with Crippen molar-refractivity contribution in [3.05, 3.63) is 35.9 Å². The fraction of sp³-hybridized carbons (Fsp3) is 0.429. The molecule has 0 aliphatic rings. The molecule has 0 spiro atoms. The Balaban J connectivity index is 2.54. The van der Waals surface area contributed by atoms with Gasteiger partial charge in [-0.1, -0.05) is 13.0 Å². The van der Waals surface area contributed by atoms with Crippen LogP contribution in [-0.2, 0) is 6.42 Å². The second-order valence-corrected chi connectivity index (χ2v) is 4.16. The summed E-state index contributed by atoms with van der Waals surface area (Å²) in [6, 6.07) is 5.85. The first kappa shape index (κ1) is 12.6. The molecule has 0 unspecified atom stereocenters. The van der Waals surface area contributed by atoms with Crippen LogP contribution in [0.4, 0.5) is 0 Å². The summed E-state index contributed by atoms with van der Waals surface area (Å²) in [6.45, 7) is 7.44. The van der Waals surface area contributed by atoms with Gasteiger partial charge in [0.2, 0.25) is 0 Å². The largest absolute Gasteiger partial charge is 0.338 e. The topological polar surface area (TPSA) is 37.6 Å². The van der Waals surface area contributed by atoms with Crippen molar-refractivity contribution in [2.75, 3.05) is 13.1 Å². The Hall–Kier alpha value is -1.84. The van der Waals surface area contributed by atoms with E-state index in [0.717, 1.165) is 17.8 Å². The van der Waals surface area contributed by atoms with Crippen molar-refractivity contribution < 1.29 is 4.79 Å². The molecule has 1 amide bonds. The van der Waals surface area contributed by atoms with Crippen LogP contribution in [0.3, 0.4) is 0 Å². The molecular formula is C14H19N3O. The van der Waals surface area contributed by atoms with E-state index in [0.29, 0.717) is 18.8 Å². The Kier molecular flexibility index (Phi) is 3.65. The number of carbonyl (C=O) groups is 1. The molecule has 2 aromatic rings. The van der Waals surface area contributed by atoms with Crippen LogP contribution in [-0.4, -0.2) is 33.3 Å². The number of aromatic nitrogens is 2. The predicted octanol–water partition coefficient (Wildman–Crippen LogP) is 2.38. The summed E-state index contributed by atoms with van der Waals surface area (Å²) < 4.78 is 2.00. The highest BCUT2D eigenvalue weighted by Crippen LogP contribution is 2.15. The number of rotatable bonds is 4. The molecule has 0 aliphatic heterocycles. The Morgan fingerprint density at radius 3 is 2.61 bits per heavy atom. The van der Waals surface area contributed by atoms with E-state index < -0.39 is 0 Å². The summed E-state index contributed by atoms with van der Waals surface area (Å²) in [5.41, 5.74) is 1.46. The number of hydrogen-bond donors (Lipinski definition) is 0. The van der Waals surface area contributed by atoms with Gasteiger partial charge in [0.05, 0.1) is 5.52 Å².